The number of aliphatic hydroxyl groups is 2. The van der Waals surface area contributed by atoms with Crippen LogP contribution in [0.1, 0.15) is 51.9 Å². The first-order valence-corrected chi connectivity index (χ1v) is 16.8. The van der Waals surface area contributed by atoms with Gasteiger partial charge in [-0.3, -0.25) is 9.59 Å². The Morgan fingerprint density at radius 2 is 1.87 bits per heavy atom. The molecule has 4 fully saturated rings. The first kappa shape index (κ1) is 31.7. The van der Waals surface area contributed by atoms with Crippen LogP contribution in [0.4, 0.5) is 14.5 Å². The third-order valence-electron chi connectivity index (χ3n) is 11.5. The Bertz CT molecular complexity index is 1630. The molecule has 2 aromatic rings. The van der Waals surface area contributed by atoms with E-state index >= 15 is 8.78 Å². The molecule has 1 aliphatic heterocycles. The summed E-state index contributed by atoms with van der Waals surface area (Å²) < 4.78 is 46.4. The minimum Gasteiger partial charge on any atom is -0.390 e. The summed E-state index contributed by atoms with van der Waals surface area (Å²) in [7, 11) is 0. The minimum absolute atomic E-state index is 0.0419. The number of halogens is 2. The molecule has 1 heterocycles. The molecule has 10 atom stereocenters. The zero-order valence-corrected chi connectivity index (χ0v) is 26.9. The fourth-order valence-corrected chi connectivity index (χ4v) is 10.3. The zero-order valence-electron chi connectivity index (χ0n) is 26.0. The Labute approximate surface area is 271 Å². The third kappa shape index (κ3) is 4.29. The number of ketones is 2. The molecule has 10 heteroatoms. The lowest BCUT2D eigenvalue weighted by molar-refractivity contribution is -0.235. The van der Waals surface area contributed by atoms with Crippen LogP contribution in [0, 0.1) is 22.7 Å². The minimum atomic E-state index is -2.29. The van der Waals surface area contributed by atoms with Crippen LogP contribution in [0.3, 0.4) is 0 Å². The van der Waals surface area contributed by atoms with Crippen molar-refractivity contribution in [1.82, 2.24) is 0 Å². The third-order valence-corrected chi connectivity index (χ3v) is 12.5. The van der Waals surface area contributed by atoms with Crippen molar-refractivity contribution >= 4 is 29.0 Å². The topological polar surface area (TPSA) is 105 Å². The van der Waals surface area contributed by atoms with E-state index in [1.807, 2.05) is 49.4 Å². The van der Waals surface area contributed by atoms with Crippen LogP contribution in [-0.4, -0.2) is 64.6 Å². The molecule has 0 aromatic heterocycles. The van der Waals surface area contributed by atoms with E-state index in [0.717, 1.165) is 28.1 Å². The predicted octanol–water partition coefficient (Wildman–Crippen LogP) is 5.91. The van der Waals surface area contributed by atoms with Gasteiger partial charge in [0.15, 0.2) is 29.1 Å². The summed E-state index contributed by atoms with van der Waals surface area (Å²) in [6.07, 6.45) is -1.37. The number of ether oxygens (including phenoxy) is 2. The first-order chi connectivity index (χ1) is 21.9. The second-order valence-electron chi connectivity index (χ2n) is 13.7. The van der Waals surface area contributed by atoms with Crippen LogP contribution in [0.15, 0.2) is 82.1 Å². The number of alkyl halides is 2. The van der Waals surface area contributed by atoms with Crippen molar-refractivity contribution in [2.75, 3.05) is 18.5 Å². The maximum atomic E-state index is 17.6. The fourth-order valence-electron chi connectivity index (χ4n) is 9.42. The number of anilines is 1. The highest BCUT2D eigenvalue weighted by Gasteiger charge is 2.80. The van der Waals surface area contributed by atoms with Crippen molar-refractivity contribution in [2.45, 2.75) is 85.8 Å². The largest absolute Gasteiger partial charge is 0.390 e. The second-order valence-corrected chi connectivity index (χ2v) is 14.9. The Morgan fingerprint density at radius 3 is 2.59 bits per heavy atom. The number of allylic oxidation sites excluding steroid dienone is 4. The highest BCUT2D eigenvalue weighted by molar-refractivity contribution is 7.99. The number of aliphatic hydroxyl groups excluding tert-OH is 2. The number of carbonyl (C=O) groups excluding carboxylic acids is 2. The number of hydrogen-bond donors (Lipinski definition) is 3. The predicted molar refractivity (Wildman–Crippen MR) is 169 cm³/mol. The van der Waals surface area contributed by atoms with Gasteiger partial charge in [0.1, 0.15) is 12.8 Å². The molecule has 3 N–H and O–H groups in total. The van der Waals surface area contributed by atoms with Crippen LogP contribution >= 0.6 is 11.8 Å². The van der Waals surface area contributed by atoms with Crippen molar-refractivity contribution in [3.8, 4) is 0 Å². The molecular formula is C36H39F2NO6S. The van der Waals surface area contributed by atoms with Gasteiger partial charge < -0.3 is 25.0 Å². The summed E-state index contributed by atoms with van der Waals surface area (Å²) in [5, 5.41) is 25.2. The van der Waals surface area contributed by atoms with E-state index in [0.29, 0.717) is 5.56 Å². The van der Waals surface area contributed by atoms with E-state index < -0.39 is 76.8 Å². The summed E-state index contributed by atoms with van der Waals surface area (Å²) in [5.41, 5.74) is -4.88. The molecule has 7 nitrogen and oxygen atoms in total. The first-order valence-electron chi connectivity index (χ1n) is 16.0. The molecule has 1 saturated heterocycles. The maximum absolute atomic E-state index is 17.6. The molecule has 0 radical (unpaired) electrons. The summed E-state index contributed by atoms with van der Waals surface area (Å²) >= 11 is 1.61. The van der Waals surface area contributed by atoms with E-state index in [2.05, 4.69) is 11.4 Å². The van der Waals surface area contributed by atoms with Crippen LogP contribution < -0.4 is 5.32 Å². The fraction of sp³-hybridized carbons (Fsp3) is 0.500. The quantitative estimate of drug-likeness (QED) is 0.340. The van der Waals surface area contributed by atoms with Crippen LogP contribution in [0.2, 0.25) is 0 Å². The molecular weight excluding hydrogens is 612 g/mol. The molecule has 0 bridgehead atoms. The molecule has 0 amide bonds. The molecule has 7 rings (SSSR count). The normalized spacial score (nSPS) is 40.8. The Hall–Kier alpha value is -2.89. The van der Waals surface area contributed by atoms with Gasteiger partial charge >= 0.3 is 0 Å². The molecule has 244 valence electrons. The number of fused-ring (bicyclic) bond motifs is 7. The van der Waals surface area contributed by atoms with Crippen molar-refractivity contribution in [1.29, 1.82) is 0 Å². The van der Waals surface area contributed by atoms with Crippen LogP contribution in [0.25, 0.3) is 0 Å². The smallest absolute Gasteiger partial charge is 0.193 e. The molecule has 0 unspecified atom stereocenters. The van der Waals surface area contributed by atoms with Gasteiger partial charge in [-0.05, 0) is 87.1 Å². The lowest BCUT2D eigenvalue weighted by Crippen LogP contribution is -2.70. The van der Waals surface area contributed by atoms with Crippen molar-refractivity contribution in [3.63, 3.8) is 0 Å². The lowest BCUT2D eigenvalue weighted by atomic mass is 9.44. The van der Waals surface area contributed by atoms with Gasteiger partial charge in [0.25, 0.3) is 0 Å². The van der Waals surface area contributed by atoms with Gasteiger partial charge in [0.05, 0.1) is 12.2 Å². The number of rotatable bonds is 7. The van der Waals surface area contributed by atoms with Gasteiger partial charge in [0, 0.05) is 44.3 Å². The Morgan fingerprint density at radius 1 is 1.11 bits per heavy atom. The Kier molecular flexibility index (Phi) is 7.64. The number of nitrogens with one attached hydrogen (secondary N) is 1. The summed E-state index contributed by atoms with van der Waals surface area (Å²) in [6.45, 7) is 5.37. The van der Waals surface area contributed by atoms with Crippen molar-refractivity contribution in [2.24, 2.45) is 22.7 Å². The molecule has 0 spiro atoms. The van der Waals surface area contributed by atoms with Gasteiger partial charge in [-0.15, -0.1) is 0 Å². The van der Waals surface area contributed by atoms with Crippen LogP contribution in [0.5, 0.6) is 0 Å². The van der Waals surface area contributed by atoms with Gasteiger partial charge in [-0.2, -0.15) is 0 Å². The van der Waals surface area contributed by atoms with E-state index in [1.165, 1.54) is 12.2 Å². The van der Waals surface area contributed by atoms with E-state index in [-0.39, 0.29) is 24.8 Å². The van der Waals surface area contributed by atoms with Crippen molar-refractivity contribution in [3.05, 3.63) is 77.9 Å². The van der Waals surface area contributed by atoms with Gasteiger partial charge in [0.2, 0.25) is 0 Å². The monoisotopic (exact) mass is 651 g/mol. The van der Waals surface area contributed by atoms with E-state index in [9.17, 15) is 19.8 Å². The van der Waals surface area contributed by atoms with Gasteiger partial charge in [-0.1, -0.05) is 43.0 Å². The molecule has 46 heavy (non-hydrogen) atoms. The standard InChI is InChI=1S/C36H39F2NO6S/c1-4-39-21-6-5-7-24(14-21)46-23-10-8-20(9-11-23)32-44-31-17-25-26-16-28(37)27-15-22(41)12-13-33(27,2)35(26,38)29(42)18-34(25,3)36(31,45-32)30(43)19-40/h5-15,25-26,28-29,31-32,39-40,42H,4,16-19H2,1-3H3/t25-,26-,28-,29-,31+,32+,33-,34-,35-,36+/m0/s1. The van der Waals surface area contributed by atoms with Gasteiger partial charge in [-0.25, -0.2) is 8.78 Å². The summed E-state index contributed by atoms with van der Waals surface area (Å²) in [4.78, 5) is 28.0. The van der Waals surface area contributed by atoms with E-state index in [4.69, 9.17) is 9.47 Å². The van der Waals surface area contributed by atoms with Crippen molar-refractivity contribution < 1.29 is 38.1 Å². The maximum Gasteiger partial charge on any atom is 0.193 e. The molecule has 3 saturated carbocycles. The SMILES string of the molecule is CCNc1cccc(Sc2ccc([C@@H]3O[C@@H]4C[C@H]5[C@@H]6C[C@H](F)C7=CC(=O)C=C[C@]7(C)[C@@]6(F)[C@@H](O)C[C@]5(C)[C@]4(C(=O)CO)O3)cc2)c1. The number of benzene rings is 2. The number of hydrogen-bond acceptors (Lipinski definition) is 8. The second kappa shape index (κ2) is 11.1. The Balaban J connectivity index is 1.18. The summed E-state index contributed by atoms with van der Waals surface area (Å²) in [6, 6.07) is 15.8. The summed E-state index contributed by atoms with van der Waals surface area (Å²) in [5.74, 6) is -2.59. The van der Waals surface area contributed by atoms with E-state index in [1.54, 1.807) is 25.6 Å². The zero-order chi connectivity index (χ0) is 32.6. The highest BCUT2D eigenvalue weighted by Crippen LogP contribution is 2.72. The lowest BCUT2D eigenvalue weighted by Gasteiger charge is -2.63. The highest BCUT2D eigenvalue weighted by atomic mass is 32.2. The average molecular weight is 652 g/mol. The van der Waals surface area contributed by atoms with Crippen LogP contribution in [-0.2, 0) is 19.1 Å². The molecule has 2 aromatic carbocycles. The number of carbonyl (C=O) groups is 2. The molecule has 4 aliphatic carbocycles. The average Bonchev–Trinajstić information content (AvgIpc) is 3.53. The number of Topliss-reactive ketones (excluding diaryl/α,β-unsaturated/α-hetero) is 1. The molecule has 5 aliphatic rings.